The number of hydrogen-bond donors (Lipinski definition) is 3. The molecule has 3 N–H and O–H groups in total. The van der Waals surface area contributed by atoms with Gasteiger partial charge < -0.3 is 15.1 Å². The van der Waals surface area contributed by atoms with E-state index in [9.17, 15) is 31.5 Å². The summed E-state index contributed by atoms with van der Waals surface area (Å²) in [6.07, 6.45) is -3.79. The van der Waals surface area contributed by atoms with Gasteiger partial charge in [0.05, 0.1) is 16.8 Å². The van der Waals surface area contributed by atoms with Crippen LogP contribution in [0.5, 0.6) is 0 Å². The van der Waals surface area contributed by atoms with Crippen LogP contribution in [0.1, 0.15) is 21.5 Å². The molecule has 198 valence electrons. The number of carboxylic acids is 2. The summed E-state index contributed by atoms with van der Waals surface area (Å²) in [7, 11) is -2.25. The number of alkyl halides is 3. The van der Waals surface area contributed by atoms with Gasteiger partial charge in [-0.25, -0.2) is 23.0 Å². The number of benzene rings is 2. The van der Waals surface area contributed by atoms with E-state index >= 15 is 0 Å². The monoisotopic (exact) mass is 559 g/mol. The van der Waals surface area contributed by atoms with Crippen molar-refractivity contribution < 1.29 is 41.4 Å². The molecule has 0 unspecified atom stereocenters. The molecule has 0 spiro atoms. The second kappa shape index (κ2) is 11.9. The lowest BCUT2D eigenvalue weighted by Gasteiger charge is -2.21. The van der Waals surface area contributed by atoms with Gasteiger partial charge in [0.1, 0.15) is 11.4 Å². The van der Waals surface area contributed by atoms with Gasteiger partial charge in [-0.1, -0.05) is 48.0 Å². The van der Waals surface area contributed by atoms with Crippen LogP contribution in [0.25, 0.3) is 0 Å². The first-order chi connectivity index (χ1) is 17.1. The third-order valence-electron chi connectivity index (χ3n) is 4.72. The minimum atomic E-state index is -5.08. The molecular weight excluding hydrogens is 539 g/mol. The number of aliphatic carboxylic acids is 1. The lowest BCUT2D eigenvalue weighted by molar-refractivity contribution is -0.192. The summed E-state index contributed by atoms with van der Waals surface area (Å²) in [5, 5.41) is 17.1. The van der Waals surface area contributed by atoms with E-state index < -0.39 is 28.1 Å². The van der Waals surface area contributed by atoms with Crippen LogP contribution in [0.15, 0.2) is 65.7 Å². The SMILES string of the molecule is Cc1c(Cl)cccc1S(=O)(=O)Nc1cnc(N(C)Cc2ccccc2)c(C(=O)O)c1.O=C(O)C(F)(F)F. The summed E-state index contributed by atoms with van der Waals surface area (Å²) in [6, 6.07) is 15.3. The first-order valence-corrected chi connectivity index (χ1v) is 12.1. The second-order valence-corrected chi connectivity index (χ2v) is 9.57. The van der Waals surface area contributed by atoms with Crippen molar-refractivity contribution >= 4 is 45.1 Å². The van der Waals surface area contributed by atoms with Crippen molar-refractivity contribution in [2.75, 3.05) is 16.7 Å². The summed E-state index contributed by atoms with van der Waals surface area (Å²) in [6.45, 7) is 2.04. The van der Waals surface area contributed by atoms with Crippen LogP contribution in [-0.4, -0.2) is 48.8 Å². The molecule has 0 bridgehead atoms. The normalized spacial score (nSPS) is 11.2. The summed E-state index contributed by atoms with van der Waals surface area (Å²) in [5.41, 5.74) is 1.32. The van der Waals surface area contributed by atoms with Gasteiger partial charge in [0.25, 0.3) is 10.0 Å². The van der Waals surface area contributed by atoms with Gasteiger partial charge >= 0.3 is 18.1 Å². The molecule has 3 aromatic rings. The first-order valence-electron chi connectivity index (χ1n) is 10.2. The molecule has 1 heterocycles. The molecule has 0 aliphatic heterocycles. The molecule has 14 heteroatoms. The van der Waals surface area contributed by atoms with Crippen LogP contribution >= 0.6 is 11.6 Å². The zero-order valence-corrected chi connectivity index (χ0v) is 20.9. The largest absolute Gasteiger partial charge is 0.490 e. The number of hydrogen-bond acceptors (Lipinski definition) is 6. The number of halogens is 4. The highest BCUT2D eigenvalue weighted by atomic mass is 35.5. The van der Waals surface area contributed by atoms with Gasteiger partial charge in [-0.05, 0) is 36.2 Å². The number of nitrogens with one attached hydrogen (secondary N) is 1. The van der Waals surface area contributed by atoms with E-state index in [1.54, 1.807) is 24.9 Å². The van der Waals surface area contributed by atoms with Crippen LogP contribution in [-0.2, 0) is 21.4 Å². The van der Waals surface area contributed by atoms with E-state index in [2.05, 4.69) is 9.71 Å². The maximum atomic E-state index is 12.8. The highest BCUT2D eigenvalue weighted by molar-refractivity contribution is 7.92. The summed E-state index contributed by atoms with van der Waals surface area (Å²) in [5.74, 6) is -3.74. The predicted octanol–water partition coefficient (Wildman–Crippen LogP) is 4.81. The Morgan fingerprint density at radius 3 is 2.22 bits per heavy atom. The number of aromatic nitrogens is 1. The van der Waals surface area contributed by atoms with Crippen LogP contribution in [0.3, 0.4) is 0 Å². The van der Waals surface area contributed by atoms with Crippen LogP contribution in [0.2, 0.25) is 5.02 Å². The van der Waals surface area contributed by atoms with Gasteiger partial charge in [-0.15, -0.1) is 0 Å². The predicted molar refractivity (Wildman–Crippen MR) is 130 cm³/mol. The van der Waals surface area contributed by atoms with Crippen molar-refractivity contribution in [1.82, 2.24) is 4.98 Å². The third-order valence-corrected chi connectivity index (χ3v) is 6.66. The average Bonchev–Trinajstić information content (AvgIpc) is 2.80. The smallest absolute Gasteiger partial charge is 0.478 e. The fourth-order valence-corrected chi connectivity index (χ4v) is 4.53. The molecule has 37 heavy (non-hydrogen) atoms. The van der Waals surface area contributed by atoms with Crippen LogP contribution in [0, 0.1) is 6.92 Å². The molecule has 9 nitrogen and oxygen atoms in total. The summed E-state index contributed by atoms with van der Waals surface area (Å²) >= 11 is 6.02. The van der Waals surface area contributed by atoms with Crippen molar-refractivity contribution in [1.29, 1.82) is 0 Å². The molecule has 0 radical (unpaired) electrons. The molecule has 2 aromatic carbocycles. The summed E-state index contributed by atoms with van der Waals surface area (Å²) < 4.78 is 59.6. The van der Waals surface area contributed by atoms with E-state index in [-0.39, 0.29) is 22.0 Å². The van der Waals surface area contributed by atoms with Gasteiger partial charge in [0, 0.05) is 18.6 Å². The number of carbonyl (C=O) groups is 2. The van der Waals surface area contributed by atoms with Crippen molar-refractivity contribution in [2.24, 2.45) is 0 Å². The molecule has 0 saturated heterocycles. The number of carboxylic acid groups (broad SMARTS) is 2. The Balaban J connectivity index is 0.000000604. The Morgan fingerprint density at radius 1 is 1.08 bits per heavy atom. The molecule has 0 amide bonds. The zero-order chi connectivity index (χ0) is 28.0. The topological polar surface area (TPSA) is 137 Å². The second-order valence-electron chi connectivity index (χ2n) is 7.51. The van der Waals surface area contributed by atoms with Gasteiger partial charge in [-0.2, -0.15) is 13.2 Å². The Bertz CT molecular complexity index is 1390. The lowest BCUT2D eigenvalue weighted by atomic mass is 10.2. The maximum Gasteiger partial charge on any atom is 0.490 e. The molecule has 1 aromatic heterocycles. The Kier molecular flexibility index (Phi) is 9.48. The highest BCUT2D eigenvalue weighted by Crippen LogP contribution is 2.27. The van der Waals surface area contributed by atoms with Gasteiger partial charge in [0.15, 0.2) is 0 Å². The number of nitrogens with zero attached hydrogens (tertiary/aromatic N) is 2. The van der Waals surface area contributed by atoms with Crippen molar-refractivity contribution in [2.45, 2.75) is 24.5 Å². The molecule has 3 rings (SSSR count). The van der Waals surface area contributed by atoms with E-state index in [4.69, 9.17) is 21.5 Å². The number of rotatable bonds is 7. The maximum absolute atomic E-state index is 12.8. The molecule has 0 fully saturated rings. The van der Waals surface area contributed by atoms with Gasteiger partial charge in [0.2, 0.25) is 0 Å². The fraction of sp³-hybridized carbons (Fsp3) is 0.174. The first kappa shape index (κ1) is 29.4. The van der Waals surface area contributed by atoms with E-state index in [0.29, 0.717) is 17.1 Å². The molecule has 0 aliphatic carbocycles. The fourth-order valence-electron chi connectivity index (χ4n) is 3.00. The van der Waals surface area contributed by atoms with Crippen molar-refractivity contribution in [3.05, 3.63) is 82.5 Å². The summed E-state index contributed by atoms with van der Waals surface area (Å²) in [4.78, 5) is 26.6. The molecular formula is C23H21ClF3N3O6S. The Labute approximate surface area is 215 Å². The average molecular weight is 560 g/mol. The molecule has 0 saturated carbocycles. The molecule has 0 aliphatic rings. The van der Waals surface area contributed by atoms with Crippen LogP contribution in [0.4, 0.5) is 24.7 Å². The van der Waals surface area contributed by atoms with Gasteiger partial charge in [-0.3, -0.25) is 4.72 Å². The number of sulfonamides is 1. The van der Waals surface area contributed by atoms with Crippen LogP contribution < -0.4 is 9.62 Å². The number of aromatic carboxylic acids is 1. The van der Waals surface area contributed by atoms with E-state index in [1.165, 1.54) is 24.4 Å². The van der Waals surface area contributed by atoms with E-state index in [0.717, 1.165) is 5.56 Å². The number of anilines is 2. The minimum Gasteiger partial charge on any atom is -0.478 e. The Morgan fingerprint density at radius 2 is 1.68 bits per heavy atom. The quantitative estimate of drug-likeness (QED) is 0.375. The zero-order valence-electron chi connectivity index (χ0n) is 19.3. The van der Waals surface area contributed by atoms with Crippen molar-refractivity contribution in [3.63, 3.8) is 0 Å². The van der Waals surface area contributed by atoms with E-state index in [1.807, 2.05) is 30.3 Å². The number of pyridine rings is 1. The third kappa shape index (κ3) is 8.08. The Hall–Kier alpha value is -3.84. The standard InChI is InChI=1S/C21H20ClN3O4S.C2HF3O2/c1-14-18(22)9-6-10-19(14)30(28,29)24-16-11-17(21(26)27)20(23-12-16)25(2)13-15-7-4-3-5-8-15;3-2(4,5)1(6)7/h3-12,24H,13H2,1-2H3,(H,26,27);(H,6,7). The van der Waals surface area contributed by atoms with Crippen molar-refractivity contribution in [3.8, 4) is 0 Å². The molecule has 0 atom stereocenters. The minimum absolute atomic E-state index is 0.0112. The highest BCUT2D eigenvalue weighted by Gasteiger charge is 2.38. The lowest BCUT2D eigenvalue weighted by Crippen LogP contribution is -2.21.